The molecule has 0 aliphatic carbocycles. The predicted octanol–water partition coefficient (Wildman–Crippen LogP) is 6.00. The third kappa shape index (κ3) is 3.31. The third-order valence-corrected chi connectivity index (χ3v) is 8.36. The fourth-order valence-corrected chi connectivity index (χ4v) is 6.78. The Morgan fingerprint density at radius 3 is 2.00 bits per heavy atom. The summed E-state index contributed by atoms with van der Waals surface area (Å²) in [6, 6.07) is 32.1. The average molecular weight is 458 g/mol. The number of halogens is 1. The van der Waals surface area contributed by atoms with Crippen molar-refractivity contribution >= 4 is 10.0 Å². The molecule has 0 aromatic heterocycles. The van der Waals surface area contributed by atoms with Crippen molar-refractivity contribution in [2.24, 2.45) is 0 Å². The molecule has 33 heavy (non-hydrogen) atoms. The zero-order valence-corrected chi connectivity index (χ0v) is 19.0. The number of hydrogen-bond donors (Lipinski definition) is 0. The molecule has 166 valence electrons. The minimum atomic E-state index is -4.09. The van der Waals surface area contributed by atoms with Crippen LogP contribution in [0.2, 0.25) is 0 Å². The molecule has 5 rings (SSSR count). The standard InChI is InChI=1S/C28H24FNO2S/c1-21-16-18-24(19-17-21)33(31,32)30-27(22-10-4-2-5-11-22)25-14-8-9-15-26(25)28(30,20-29)23-12-6-3-7-13-23/h2-19,27H,20H2,1H3/t27-,28-/m1/s1. The van der Waals surface area contributed by atoms with Gasteiger partial charge in [-0.3, -0.25) is 0 Å². The van der Waals surface area contributed by atoms with E-state index in [0.717, 1.165) is 16.7 Å². The highest BCUT2D eigenvalue weighted by Crippen LogP contribution is 2.55. The Bertz CT molecular complexity index is 1370. The minimum absolute atomic E-state index is 0.149. The van der Waals surface area contributed by atoms with Crippen molar-refractivity contribution in [2.45, 2.75) is 23.4 Å². The summed E-state index contributed by atoms with van der Waals surface area (Å²) in [4.78, 5) is 0.149. The van der Waals surface area contributed by atoms with E-state index in [1.165, 1.54) is 4.31 Å². The smallest absolute Gasteiger partial charge is 0.245 e. The van der Waals surface area contributed by atoms with Gasteiger partial charge in [-0.2, -0.15) is 4.31 Å². The van der Waals surface area contributed by atoms with Crippen molar-refractivity contribution in [3.63, 3.8) is 0 Å². The molecule has 0 radical (unpaired) electrons. The Balaban J connectivity index is 1.86. The van der Waals surface area contributed by atoms with E-state index in [1.54, 1.807) is 36.4 Å². The molecule has 1 heterocycles. The topological polar surface area (TPSA) is 37.4 Å². The minimum Gasteiger partial charge on any atom is -0.248 e. The number of alkyl halides is 1. The van der Waals surface area contributed by atoms with E-state index in [1.807, 2.05) is 79.7 Å². The van der Waals surface area contributed by atoms with Gasteiger partial charge in [-0.25, -0.2) is 12.8 Å². The molecule has 0 unspecified atom stereocenters. The highest BCUT2D eigenvalue weighted by atomic mass is 32.2. The summed E-state index contributed by atoms with van der Waals surface area (Å²) in [5, 5.41) is 0. The van der Waals surface area contributed by atoms with Crippen LogP contribution in [0.1, 0.15) is 33.9 Å². The van der Waals surface area contributed by atoms with Crippen LogP contribution >= 0.6 is 0 Å². The van der Waals surface area contributed by atoms with Crippen molar-refractivity contribution in [1.82, 2.24) is 4.31 Å². The average Bonchev–Trinajstić information content (AvgIpc) is 3.17. The van der Waals surface area contributed by atoms with E-state index in [2.05, 4.69) is 0 Å². The number of sulfonamides is 1. The van der Waals surface area contributed by atoms with Gasteiger partial charge in [-0.15, -0.1) is 0 Å². The van der Waals surface area contributed by atoms with Gasteiger partial charge in [0.2, 0.25) is 10.0 Å². The van der Waals surface area contributed by atoms with E-state index in [4.69, 9.17) is 0 Å². The van der Waals surface area contributed by atoms with Crippen LogP contribution < -0.4 is 0 Å². The van der Waals surface area contributed by atoms with Crippen LogP contribution in [-0.2, 0) is 15.6 Å². The highest BCUT2D eigenvalue weighted by molar-refractivity contribution is 7.89. The molecule has 1 aliphatic rings. The second-order valence-electron chi connectivity index (χ2n) is 8.37. The zero-order valence-electron chi connectivity index (χ0n) is 18.2. The van der Waals surface area contributed by atoms with E-state index < -0.39 is 28.3 Å². The zero-order chi connectivity index (χ0) is 23.1. The Kier molecular flexibility index (Phi) is 5.39. The van der Waals surface area contributed by atoms with Gasteiger partial charge in [-0.05, 0) is 41.3 Å². The first kappa shape index (κ1) is 21.6. The van der Waals surface area contributed by atoms with Gasteiger partial charge in [0.25, 0.3) is 0 Å². The van der Waals surface area contributed by atoms with Crippen LogP contribution in [0.25, 0.3) is 0 Å². The van der Waals surface area contributed by atoms with Gasteiger partial charge >= 0.3 is 0 Å². The van der Waals surface area contributed by atoms with Crippen molar-refractivity contribution < 1.29 is 12.8 Å². The number of hydrogen-bond acceptors (Lipinski definition) is 2. The molecule has 0 N–H and O–H groups in total. The van der Waals surface area contributed by atoms with Crippen LogP contribution in [-0.4, -0.2) is 19.4 Å². The molecule has 2 atom stereocenters. The molecular weight excluding hydrogens is 433 g/mol. The second kappa shape index (κ2) is 8.25. The van der Waals surface area contributed by atoms with Crippen LogP contribution in [0.3, 0.4) is 0 Å². The molecule has 1 aliphatic heterocycles. The SMILES string of the molecule is Cc1ccc(S(=O)(=O)N2[C@H](c3ccccc3)c3ccccc3[C@@]2(CF)c2ccccc2)cc1. The Labute approximate surface area is 194 Å². The predicted molar refractivity (Wildman–Crippen MR) is 128 cm³/mol. The lowest BCUT2D eigenvalue weighted by Crippen LogP contribution is -2.49. The fourth-order valence-electron chi connectivity index (χ4n) is 4.90. The maximum atomic E-state index is 15.5. The molecule has 3 nitrogen and oxygen atoms in total. The number of fused-ring (bicyclic) bond motifs is 1. The number of rotatable bonds is 5. The molecule has 4 aromatic carbocycles. The maximum Gasteiger partial charge on any atom is 0.245 e. The molecule has 4 aromatic rings. The van der Waals surface area contributed by atoms with Crippen LogP contribution in [0.5, 0.6) is 0 Å². The van der Waals surface area contributed by atoms with Gasteiger partial charge in [0.1, 0.15) is 12.2 Å². The second-order valence-corrected chi connectivity index (χ2v) is 10.2. The lowest BCUT2D eigenvalue weighted by molar-refractivity contribution is 0.182. The summed E-state index contributed by atoms with van der Waals surface area (Å²) >= 11 is 0. The van der Waals surface area contributed by atoms with Gasteiger partial charge in [0.05, 0.1) is 10.9 Å². The van der Waals surface area contributed by atoms with Gasteiger partial charge < -0.3 is 0 Å². The van der Waals surface area contributed by atoms with Crippen molar-refractivity contribution in [1.29, 1.82) is 0 Å². The van der Waals surface area contributed by atoms with Gasteiger partial charge in [0.15, 0.2) is 0 Å². The monoisotopic (exact) mass is 457 g/mol. The number of benzene rings is 4. The summed E-state index contributed by atoms with van der Waals surface area (Å²) in [7, 11) is -4.09. The van der Waals surface area contributed by atoms with Gasteiger partial charge in [-0.1, -0.05) is 103 Å². The van der Waals surface area contributed by atoms with Crippen molar-refractivity contribution in [3.8, 4) is 0 Å². The molecule has 0 saturated heterocycles. The number of aryl methyl sites for hydroxylation is 1. The van der Waals surface area contributed by atoms with E-state index in [9.17, 15) is 8.42 Å². The first-order valence-electron chi connectivity index (χ1n) is 10.9. The van der Waals surface area contributed by atoms with Crippen LogP contribution in [0.15, 0.2) is 114 Å². The van der Waals surface area contributed by atoms with E-state index >= 15 is 4.39 Å². The Morgan fingerprint density at radius 2 is 1.36 bits per heavy atom. The quantitative estimate of drug-likeness (QED) is 0.368. The lowest BCUT2D eigenvalue weighted by Gasteiger charge is -2.39. The van der Waals surface area contributed by atoms with Crippen LogP contribution in [0, 0.1) is 6.92 Å². The summed E-state index contributed by atoms with van der Waals surface area (Å²) < 4.78 is 45.5. The summed E-state index contributed by atoms with van der Waals surface area (Å²) in [6.07, 6.45) is 0. The van der Waals surface area contributed by atoms with Crippen molar-refractivity contribution in [2.75, 3.05) is 6.67 Å². The van der Waals surface area contributed by atoms with Crippen molar-refractivity contribution in [3.05, 3.63) is 137 Å². The first-order valence-corrected chi connectivity index (χ1v) is 12.3. The molecule has 0 spiro atoms. The summed E-state index contributed by atoms with van der Waals surface area (Å²) in [6.45, 7) is 1.02. The summed E-state index contributed by atoms with van der Waals surface area (Å²) in [5.41, 5.74) is 2.34. The third-order valence-electron chi connectivity index (χ3n) is 6.45. The molecule has 0 bridgehead atoms. The maximum absolute atomic E-state index is 15.5. The lowest BCUT2D eigenvalue weighted by atomic mass is 9.84. The highest BCUT2D eigenvalue weighted by Gasteiger charge is 2.57. The molecule has 0 saturated carbocycles. The van der Waals surface area contributed by atoms with E-state index in [-0.39, 0.29) is 4.90 Å². The molecule has 0 amide bonds. The Morgan fingerprint density at radius 1 is 0.788 bits per heavy atom. The fraction of sp³-hybridized carbons (Fsp3) is 0.143. The molecule has 5 heteroatoms. The molecule has 0 fully saturated rings. The molecular formula is C28H24FNO2S. The van der Waals surface area contributed by atoms with E-state index in [0.29, 0.717) is 11.1 Å². The van der Waals surface area contributed by atoms with Gasteiger partial charge in [0, 0.05) is 0 Å². The van der Waals surface area contributed by atoms with Crippen LogP contribution in [0.4, 0.5) is 4.39 Å². The Hall–Kier alpha value is -3.28. The first-order chi connectivity index (χ1) is 16.0. The summed E-state index contributed by atoms with van der Waals surface area (Å²) in [5.74, 6) is 0. The largest absolute Gasteiger partial charge is 0.248 e. The normalized spacial score (nSPS) is 20.5. The number of nitrogens with zero attached hydrogens (tertiary/aromatic N) is 1.